The Morgan fingerprint density at radius 1 is 1.16 bits per heavy atom. The fraction of sp³-hybridized carbons (Fsp3) is 0.433. The number of aliphatic hydroxyl groups excluding tert-OH is 1. The molecule has 1 amide bonds. The third-order valence-electron chi connectivity index (χ3n) is 7.08. The van der Waals surface area contributed by atoms with Crippen LogP contribution in [0.1, 0.15) is 67.6 Å². The average Bonchev–Trinajstić information content (AvgIpc) is 2.92. The zero-order valence-corrected chi connectivity index (χ0v) is 22.8. The molecule has 8 heteroatoms. The molecule has 38 heavy (non-hydrogen) atoms. The summed E-state index contributed by atoms with van der Waals surface area (Å²) < 4.78 is 0. The number of nitrogens with zero attached hydrogens (tertiary/aromatic N) is 2. The molecule has 0 aliphatic rings. The summed E-state index contributed by atoms with van der Waals surface area (Å²) in [5.41, 5.74) is 2.47. The van der Waals surface area contributed by atoms with E-state index in [2.05, 4.69) is 11.4 Å². The standard InChI is InChI=1S/C30H39N3O5/c1-6-30(3,18-25(17-21(2)19-31)29(36)32-20-34)28(38-37)24-12-10-23(11-13-24)27(35)16-9-22-7-14-26(15-8-22)33(4)5/h7-16,21,25,28,34,37H,6,17-18,20H2,1-5H3,(H,32,36)/b16-9+. The zero-order chi connectivity index (χ0) is 28.3. The minimum atomic E-state index is -0.774. The van der Waals surface area contributed by atoms with Crippen molar-refractivity contribution < 1.29 is 24.8 Å². The van der Waals surface area contributed by atoms with E-state index >= 15 is 0 Å². The van der Waals surface area contributed by atoms with Gasteiger partial charge < -0.3 is 15.3 Å². The summed E-state index contributed by atoms with van der Waals surface area (Å²) >= 11 is 0. The Morgan fingerprint density at radius 3 is 2.29 bits per heavy atom. The van der Waals surface area contributed by atoms with E-state index in [1.165, 1.54) is 6.08 Å². The van der Waals surface area contributed by atoms with E-state index in [-0.39, 0.29) is 17.6 Å². The van der Waals surface area contributed by atoms with E-state index in [0.29, 0.717) is 30.4 Å². The van der Waals surface area contributed by atoms with Gasteiger partial charge >= 0.3 is 0 Å². The lowest BCUT2D eigenvalue weighted by atomic mass is 9.70. The number of allylic oxidation sites excluding steroid dienone is 1. The number of anilines is 1. The smallest absolute Gasteiger partial charge is 0.224 e. The van der Waals surface area contributed by atoms with Crippen molar-refractivity contribution in [3.63, 3.8) is 0 Å². The van der Waals surface area contributed by atoms with E-state index in [1.54, 1.807) is 37.3 Å². The van der Waals surface area contributed by atoms with Crippen molar-refractivity contribution >= 4 is 23.5 Å². The Bertz CT molecular complexity index is 1120. The Morgan fingerprint density at radius 2 is 1.79 bits per heavy atom. The maximum atomic E-state index is 12.7. The second kappa shape index (κ2) is 14.4. The molecule has 2 rings (SSSR count). The number of aliphatic hydroxyl groups is 1. The Labute approximate surface area is 225 Å². The van der Waals surface area contributed by atoms with Crippen molar-refractivity contribution in [2.45, 2.75) is 46.1 Å². The van der Waals surface area contributed by atoms with E-state index in [1.807, 2.05) is 57.1 Å². The van der Waals surface area contributed by atoms with Crippen LogP contribution < -0.4 is 10.2 Å². The summed E-state index contributed by atoms with van der Waals surface area (Å²) in [6.45, 7) is 5.10. The highest BCUT2D eigenvalue weighted by Gasteiger charge is 2.39. The molecule has 0 aromatic heterocycles. The number of amides is 1. The molecule has 0 heterocycles. The zero-order valence-electron chi connectivity index (χ0n) is 22.8. The lowest BCUT2D eigenvalue weighted by Gasteiger charge is -2.37. The second-order valence-corrected chi connectivity index (χ2v) is 10.2. The van der Waals surface area contributed by atoms with E-state index < -0.39 is 24.2 Å². The summed E-state index contributed by atoms with van der Waals surface area (Å²) in [5.74, 6) is -1.42. The van der Waals surface area contributed by atoms with Gasteiger partial charge in [-0.05, 0) is 55.5 Å². The molecule has 0 fully saturated rings. The van der Waals surface area contributed by atoms with Crippen molar-refractivity contribution in [3.8, 4) is 6.07 Å². The van der Waals surface area contributed by atoms with Crippen LogP contribution >= 0.6 is 0 Å². The maximum Gasteiger partial charge on any atom is 0.224 e. The number of nitrogens with one attached hydrogen (secondary N) is 1. The number of rotatable bonds is 14. The first-order chi connectivity index (χ1) is 18.1. The number of benzene rings is 2. The third kappa shape index (κ3) is 8.25. The van der Waals surface area contributed by atoms with Crippen LogP contribution in [0.25, 0.3) is 6.08 Å². The lowest BCUT2D eigenvalue weighted by molar-refractivity contribution is -0.309. The predicted octanol–water partition coefficient (Wildman–Crippen LogP) is 5.22. The molecule has 204 valence electrons. The van der Waals surface area contributed by atoms with Gasteiger partial charge in [0.05, 0.1) is 6.07 Å². The Kier molecular flexibility index (Phi) is 11.7. The fourth-order valence-corrected chi connectivity index (χ4v) is 4.55. The van der Waals surface area contributed by atoms with Crippen LogP contribution in [-0.2, 0) is 9.68 Å². The van der Waals surface area contributed by atoms with Gasteiger partial charge in [-0.2, -0.15) is 5.26 Å². The van der Waals surface area contributed by atoms with Crippen LogP contribution in [0.3, 0.4) is 0 Å². The summed E-state index contributed by atoms with van der Waals surface area (Å²) in [7, 11) is 3.93. The monoisotopic (exact) mass is 521 g/mol. The highest BCUT2D eigenvalue weighted by atomic mass is 17.1. The van der Waals surface area contributed by atoms with Gasteiger partial charge in [0.2, 0.25) is 5.91 Å². The van der Waals surface area contributed by atoms with Gasteiger partial charge in [0, 0.05) is 42.6 Å². The van der Waals surface area contributed by atoms with E-state index in [4.69, 9.17) is 4.89 Å². The first-order valence-electron chi connectivity index (χ1n) is 12.8. The third-order valence-corrected chi connectivity index (χ3v) is 7.08. The molecule has 0 aliphatic heterocycles. The predicted molar refractivity (Wildman–Crippen MR) is 148 cm³/mol. The largest absolute Gasteiger partial charge is 0.378 e. The minimum absolute atomic E-state index is 0.154. The number of carbonyl (C=O) groups is 2. The van der Waals surface area contributed by atoms with Gasteiger partial charge in [0.1, 0.15) is 12.8 Å². The van der Waals surface area contributed by atoms with Crippen molar-refractivity contribution in [2.75, 3.05) is 25.7 Å². The molecule has 2 aromatic carbocycles. The summed E-state index contributed by atoms with van der Waals surface area (Å²) in [6.07, 6.45) is 3.72. The number of nitriles is 1. The molecule has 0 spiro atoms. The molecule has 8 nitrogen and oxygen atoms in total. The van der Waals surface area contributed by atoms with Gasteiger partial charge in [-0.3, -0.25) is 14.8 Å². The molecule has 0 aliphatic carbocycles. The molecular formula is C30H39N3O5. The highest BCUT2D eigenvalue weighted by Crippen LogP contribution is 2.45. The molecule has 0 saturated heterocycles. The number of hydrogen-bond donors (Lipinski definition) is 3. The van der Waals surface area contributed by atoms with Gasteiger partial charge in [0.25, 0.3) is 0 Å². The van der Waals surface area contributed by atoms with Crippen LogP contribution in [0.2, 0.25) is 0 Å². The van der Waals surface area contributed by atoms with Gasteiger partial charge in [-0.25, -0.2) is 4.89 Å². The summed E-state index contributed by atoms with van der Waals surface area (Å²) in [4.78, 5) is 32.3. The molecule has 4 unspecified atom stereocenters. The van der Waals surface area contributed by atoms with Gasteiger partial charge in [-0.15, -0.1) is 0 Å². The molecular weight excluding hydrogens is 482 g/mol. The molecule has 2 aromatic rings. The van der Waals surface area contributed by atoms with Gasteiger partial charge in [0.15, 0.2) is 5.78 Å². The van der Waals surface area contributed by atoms with E-state index in [9.17, 15) is 25.2 Å². The first-order valence-corrected chi connectivity index (χ1v) is 12.8. The highest BCUT2D eigenvalue weighted by molar-refractivity contribution is 6.06. The van der Waals surface area contributed by atoms with Crippen LogP contribution in [0.5, 0.6) is 0 Å². The maximum absolute atomic E-state index is 12.7. The van der Waals surface area contributed by atoms with Crippen LogP contribution in [-0.4, -0.2) is 42.9 Å². The number of carbonyl (C=O) groups excluding carboxylic acids is 2. The number of hydrogen-bond acceptors (Lipinski definition) is 7. The number of ketones is 1. The molecule has 0 bridgehead atoms. The minimum Gasteiger partial charge on any atom is -0.378 e. The normalized spacial score (nSPS) is 15.2. The van der Waals surface area contributed by atoms with Crippen LogP contribution in [0.4, 0.5) is 5.69 Å². The van der Waals surface area contributed by atoms with Gasteiger partial charge in [-0.1, -0.05) is 56.3 Å². The summed E-state index contributed by atoms with van der Waals surface area (Å²) in [5, 5.41) is 30.8. The van der Waals surface area contributed by atoms with E-state index in [0.717, 1.165) is 11.3 Å². The molecule has 4 atom stereocenters. The van der Waals surface area contributed by atoms with Crippen molar-refractivity contribution in [2.24, 2.45) is 17.3 Å². The molecule has 0 radical (unpaired) electrons. The van der Waals surface area contributed by atoms with Crippen molar-refractivity contribution in [3.05, 3.63) is 71.3 Å². The Balaban J connectivity index is 2.21. The van der Waals surface area contributed by atoms with Crippen LogP contribution in [0, 0.1) is 28.6 Å². The SMILES string of the molecule is CCC(C)(CC(CC(C)C#N)C(=O)NCO)C(OO)c1ccc(C(=O)/C=C/c2ccc(N(C)C)cc2)cc1. The first kappa shape index (κ1) is 30.7. The second-order valence-electron chi connectivity index (χ2n) is 10.2. The quantitative estimate of drug-likeness (QED) is 0.102. The van der Waals surface area contributed by atoms with Crippen molar-refractivity contribution in [1.82, 2.24) is 5.32 Å². The van der Waals surface area contributed by atoms with Crippen molar-refractivity contribution in [1.29, 1.82) is 5.26 Å². The topological polar surface area (TPSA) is 123 Å². The van der Waals surface area contributed by atoms with Crippen LogP contribution in [0.15, 0.2) is 54.6 Å². The fourth-order valence-electron chi connectivity index (χ4n) is 4.55. The average molecular weight is 522 g/mol. The summed E-state index contributed by atoms with van der Waals surface area (Å²) in [6, 6.07) is 16.9. The lowest BCUT2D eigenvalue weighted by Crippen LogP contribution is -2.38. The Hall–Kier alpha value is -3.51. The molecule has 0 saturated carbocycles. The molecule has 3 N–H and O–H groups in total.